The number of fused-ring (bicyclic) bond motifs is 1. The first-order valence-corrected chi connectivity index (χ1v) is 8.36. The molecule has 21 heavy (non-hydrogen) atoms. The minimum atomic E-state index is 0.177. The summed E-state index contributed by atoms with van der Waals surface area (Å²) in [7, 11) is 11.5. The molecule has 110 valence electrons. The standard InChI is InChI=1S/C15H22BN3P2/c1-9-7-18(20)8-15(2,3)13(9)14-11-6-10(16)4-5-12(11)19(21)17-14/h4-6,9,13H,7-8,20-21H2,1-3H3. The van der Waals surface area contributed by atoms with E-state index >= 15 is 0 Å². The Morgan fingerprint density at radius 3 is 2.71 bits per heavy atom. The van der Waals surface area contributed by atoms with Gasteiger partial charge in [-0.05, 0) is 26.8 Å². The summed E-state index contributed by atoms with van der Waals surface area (Å²) in [5.41, 5.74) is 3.29. The molecule has 1 aliphatic heterocycles. The van der Waals surface area contributed by atoms with Crippen molar-refractivity contribution in [3.05, 3.63) is 23.9 Å². The molecule has 1 aromatic carbocycles. The van der Waals surface area contributed by atoms with Gasteiger partial charge in [-0.2, -0.15) is 5.10 Å². The smallest absolute Gasteiger partial charge is 0.113 e. The van der Waals surface area contributed by atoms with E-state index in [-0.39, 0.29) is 5.41 Å². The molecule has 2 aromatic rings. The molecule has 0 N–H and O–H groups in total. The minimum Gasteiger partial charge on any atom is -0.287 e. The van der Waals surface area contributed by atoms with Crippen LogP contribution in [0.5, 0.6) is 0 Å². The van der Waals surface area contributed by atoms with Gasteiger partial charge in [-0.15, -0.1) is 0 Å². The summed E-state index contributed by atoms with van der Waals surface area (Å²) >= 11 is 0. The molecule has 1 saturated heterocycles. The molecule has 0 amide bonds. The van der Waals surface area contributed by atoms with Crippen LogP contribution in [0.2, 0.25) is 0 Å². The molecule has 0 bridgehead atoms. The fourth-order valence-electron chi connectivity index (χ4n) is 3.98. The van der Waals surface area contributed by atoms with Crippen LogP contribution in [0.25, 0.3) is 10.9 Å². The summed E-state index contributed by atoms with van der Waals surface area (Å²) in [6.45, 7) is 9.13. The second-order valence-corrected chi connectivity index (χ2v) is 8.20. The van der Waals surface area contributed by atoms with Crippen LogP contribution in [0, 0.1) is 11.3 Å². The fourth-order valence-corrected chi connectivity index (χ4v) is 5.14. The topological polar surface area (TPSA) is 21.1 Å². The summed E-state index contributed by atoms with van der Waals surface area (Å²) < 4.78 is 4.25. The molecule has 3 rings (SSSR count). The van der Waals surface area contributed by atoms with Crippen LogP contribution in [-0.4, -0.2) is 35.2 Å². The second-order valence-electron chi connectivity index (χ2n) is 6.98. The predicted molar refractivity (Wildman–Crippen MR) is 97.2 cm³/mol. The Bertz CT molecular complexity index is 683. The summed E-state index contributed by atoms with van der Waals surface area (Å²) in [5.74, 6) is 0.983. The number of nitrogens with zero attached hydrogens (tertiary/aromatic N) is 3. The Kier molecular flexibility index (Phi) is 3.93. The molecular weight excluding hydrogens is 295 g/mol. The van der Waals surface area contributed by atoms with E-state index < -0.39 is 0 Å². The number of aromatic nitrogens is 2. The van der Waals surface area contributed by atoms with Crippen LogP contribution in [0.3, 0.4) is 0 Å². The van der Waals surface area contributed by atoms with Crippen molar-refractivity contribution in [3.63, 3.8) is 0 Å². The van der Waals surface area contributed by atoms with Gasteiger partial charge in [0.05, 0.1) is 11.2 Å². The van der Waals surface area contributed by atoms with Crippen LogP contribution < -0.4 is 5.46 Å². The normalized spacial score (nSPS) is 26.3. The highest BCUT2D eigenvalue weighted by Crippen LogP contribution is 2.47. The molecule has 1 aliphatic rings. The molecule has 0 aliphatic carbocycles. The lowest BCUT2D eigenvalue weighted by Gasteiger charge is -2.46. The van der Waals surface area contributed by atoms with Crippen LogP contribution >= 0.6 is 18.8 Å². The summed E-state index contributed by atoms with van der Waals surface area (Å²) in [6, 6.07) is 6.05. The molecular formula is C15H22BN3P2. The first-order chi connectivity index (χ1) is 9.79. The third-order valence-corrected chi connectivity index (χ3v) is 5.38. The molecule has 2 heterocycles. The molecule has 4 unspecified atom stereocenters. The van der Waals surface area contributed by atoms with E-state index in [0.29, 0.717) is 11.8 Å². The highest BCUT2D eigenvalue weighted by molar-refractivity contribution is 7.14. The zero-order chi connectivity index (χ0) is 15.4. The minimum absolute atomic E-state index is 0.177. The van der Waals surface area contributed by atoms with E-state index in [2.05, 4.69) is 56.4 Å². The van der Waals surface area contributed by atoms with Gasteiger partial charge in [0.15, 0.2) is 0 Å². The number of hydrogen-bond donors (Lipinski definition) is 0. The van der Waals surface area contributed by atoms with Gasteiger partial charge in [-0.1, -0.05) is 47.8 Å². The Morgan fingerprint density at radius 1 is 1.33 bits per heavy atom. The van der Waals surface area contributed by atoms with Crippen molar-refractivity contribution in [2.24, 2.45) is 11.3 Å². The number of hydrogen-bond acceptors (Lipinski definition) is 2. The Labute approximate surface area is 132 Å². The lowest BCUT2D eigenvalue weighted by atomic mass is 9.67. The molecule has 1 fully saturated rings. The Morgan fingerprint density at radius 2 is 2.05 bits per heavy atom. The van der Waals surface area contributed by atoms with Crippen molar-refractivity contribution in [1.29, 1.82) is 0 Å². The van der Waals surface area contributed by atoms with Crippen LogP contribution in [0.1, 0.15) is 32.4 Å². The van der Waals surface area contributed by atoms with Crippen molar-refractivity contribution < 1.29 is 0 Å². The molecule has 0 saturated carbocycles. The summed E-state index contributed by atoms with van der Waals surface area (Å²) in [5, 5.41) is 6.01. The van der Waals surface area contributed by atoms with Crippen molar-refractivity contribution >= 4 is 43.0 Å². The molecule has 6 heteroatoms. The first-order valence-electron chi connectivity index (χ1n) is 7.32. The zero-order valence-electron chi connectivity index (χ0n) is 12.9. The SMILES string of the molecule is [B]c1ccc2c(c1)c(C1C(C)CN(P)CC1(C)C)nn2P. The van der Waals surface area contributed by atoms with Crippen LogP contribution in [0.4, 0.5) is 0 Å². The van der Waals surface area contributed by atoms with E-state index in [1.54, 1.807) is 0 Å². The highest BCUT2D eigenvalue weighted by atomic mass is 31.0. The summed E-state index contributed by atoms with van der Waals surface area (Å²) in [6.07, 6.45) is 0. The average Bonchev–Trinajstić information content (AvgIpc) is 2.63. The van der Waals surface area contributed by atoms with Gasteiger partial charge in [-0.3, -0.25) is 9.12 Å². The largest absolute Gasteiger partial charge is 0.287 e. The fraction of sp³-hybridized carbons (Fsp3) is 0.533. The number of benzene rings is 1. The first kappa shape index (κ1) is 15.5. The summed E-state index contributed by atoms with van der Waals surface area (Å²) in [4.78, 5) is 0. The third kappa shape index (κ3) is 2.67. The van der Waals surface area contributed by atoms with Crippen molar-refractivity contribution in [3.8, 4) is 0 Å². The van der Waals surface area contributed by atoms with E-state index in [1.165, 1.54) is 11.1 Å². The van der Waals surface area contributed by atoms with Gasteiger partial charge in [-0.25, -0.2) is 0 Å². The molecule has 1 aromatic heterocycles. The van der Waals surface area contributed by atoms with Gasteiger partial charge in [0, 0.05) is 24.4 Å². The quantitative estimate of drug-likeness (QED) is 0.594. The number of rotatable bonds is 1. The van der Waals surface area contributed by atoms with Gasteiger partial charge in [0.2, 0.25) is 0 Å². The molecule has 0 spiro atoms. The maximum Gasteiger partial charge on any atom is 0.113 e. The zero-order valence-corrected chi connectivity index (χ0v) is 15.2. The van der Waals surface area contributed by atoms with Crippen LogP contribution in [-0.2, 0) is 0 Å². The van der Waals surface area contributed by atoms with E-state index in [1.807, 2.05) is 10.5 Å². The molecule has 3 nitrogen and oxygen atoms in total. The lowest BCUT2D eigenvalue weighted by Crippen LogP contribution is -2.45. The molecule has 2 radical (unpaired) electrons. The number of piperidine rings is 1. The maximum atomic E-state index is 6.00. The van der Waals surface area contributed by atoms with E-state index in [4.69, 9.17) is 12.9 Å². The van der Waals surface area contributed by atoms with Gasteiger partial charge in [0.25, 0.3) is 0 Å². The Hall–Kier alpha value is -0.425. The van der Waals surface area contributed by atoms with E-state index in [0.717, 1.165) is 24.1 Å². The predicted octanol–water partition coefficient (Wildman–Crippen LogP) is 2.32. The van der Waals surface area contributed by atoms with Gasteiger partial charge < -0.3 is 0 Å². The Balaban J connectivity index is 2.17. The van der Waals surface area contributed by atoms with Crippen LogP contribution in [0.15, 0.2) is 18.2 Å². The lowest BCUT2D eigenvalue weighted by molar-refractivity contribution is 0.110. The van der Waals surface area contributed by atoms with Gasteiger partial charge in [0.1, 0.15) is 7.85 Å². The monoisotopic (exact) mass is 317 g/mol. The van der Waals surface area contributed by atoms with Gasteiger partial charge >= 0.3 is 0 Å². The highest BCUT2D eigenvalue weighted by Gasteiger charge is 2.42. The van der Waals surface area contributed by atoms with E-state index in [9.17, 15) is 0 Å². The van der Waals surface area contributed by atoms with Crippen molar-refractivity contribution in [2.75, 3.05) is 13.1 Å². The second kappa shape index (κ2) is 5.34. The van der Waals surface area contributed by atoms with Crippen molar-refractivity contribution in [2.45, 2.75) is 26.7 Å². The maximum absolute atomic E-state index is 6.00. The average molecular weight is 317 g/mol. The molecule has 4 atom stereocenters. The third-order valence-electron chi connectivity index (χ3n) is 4.60. The van der Waals surface area contributed by atoms with Crippen molar-refractivity contribution in [1.82, 2.24) is 14.2 Å².